The molecule has 2 N–H and O–H groups in total. The van der Waals surface area contributed by atoms with Gasteiger partial charge in [-0.15, -0.1) is 0 Å². The Labute approximate surface area is 167 Å². The van der Waals surface area contributed by atoms with E-state index in [2.05, 4.69) is 61.7 Å². The lowest BCUT2D eigenvalue weighted by molar-refractivity contribution is 0.615. The van der Waals surface area contributed by atoms with Crippen molar-refractivity contribution in [3.05, 3.63) is 83.9 Å². The fourth-order valence-electron chi connectivity index (χ4n) is 2.70. The molecule has 0 aromatic heterocycles. The van der Waals surface area contributed by atoms with Gasteiger partial charge in [0.25, 0.3) is 0 Å². The van der Waals surface area contributed by atoms with Gasteiger partial charge in [0.1, 0.15) is 0 Å². The molecule has 0 fully saturated rings. The van der Waals surface area contributed by atoms with Gasteiger partial charge in [-0.3, -0.25) is 0 Å². The van der Waals surface area contributed by atoms with Crippen molar-refractivity contribution >= 4 is 35.7 Å². The van der Waals surface area contributed by atoms with Crippen LogP contribution >= 0.6 is 23.5 Å². The molecule has 0 spiro atoms. The largest absolute Gasteiger partial charge is 0.330 e. The van der Waals surface area contributed by atoms with E-state index in [1.165, 1.54) is 28.0 Å². The Hall–Kier alpha value is -1.42. The predicted octanol–water partition coefficient (Wildman–Crippen LogP) is 6.10. The maximum Gasteiger partial charge on any atom is 0.0184 e. The maximum atomic E-state index is 5.83. The quantitative estimate of drug-likeness (QED) is 0.479. The third-order valence-electron chi connectivity index (χ3n) is 4.22. The Morgan fingerprint density at radius 1 is 0.846 bits per heavy atom. The number of benzene rings is 2. The van der Waals surface area contributed by atoms with Crippen LogP contribution in [0.1, 0.15) is 28.7 Å². The molecule has 1 nitrogen and oxygen atoms in total. The Bertz CT molecular complexity index is 679. The van der Waals surface area contributed by atoms with Crippen LogP contribution < -0.4 is 5.73 Å². The third kappa shape index (κ3) is 7.45. The van der Waals surface area contributed by atoms with Crippen molar-refractivity contribution in [2.75, 3.05) is 18.1 Å². The fraction of sp³-hybridized carbons (Fsp3) is 0.304. The van der Waals surface area contributed by atoms with Gasteiger partial charge in [0, 0.05) is 11.5 Å². The minimum absolute atomic E-state index is 0.671. The Balaban J connectivity index is 1.74. The van der Waals surface area contributed by atoms with Crippen molar-refractivity contribution in [1.82, 2.24) is 0 Å². The molecule has 0 saturated heterocycles. The molecule has 0 amide bonds. The lowest BCUT2D eigenvalue weighted by atomic mass is 10.1. The lowest BCUT2D eigenvalue weighted by Crippen LogP contribution is -2.13. The first-order valence-electron chi connectivity index (χ1n) is 9.03. The number of thioether (sulfide) groups is 2. The molecule has 0 aliphatic heterocycles. The van der Waals surface area contributed by atoms with E-state index in [9.17, 15) is 0 Å². The zero-order valence-electron chi connectivity index (χ0n) is 15.4. The molecular formula is C23H29NS2. The summed E-state index contributed by atoms with van der Waals surface area (Å²) >= 11 is 4.02. The molecule has 3 heteroatoms. The van der Waals surface area contributed by atoms with Crippen molar-refractivity contribution < 1.29 is 0 Å². The highest BCUT2D eigenvalue weighted by atomic mass is 32.2. The summed E-state index contributed by atoms with van der Waals surface area (Å²) in [5, 5.41) is 0. The second kappa shape index (κ2) is 12.1. The first kappa shape index (κ1) is 20.9. The molecular weight excluding hydrogens is 354 g/mol. The average Bonchev–Trinajstić information content (AvgIpc) is 2.68. The van der Waals surface area contributed by atoms with Gasteiger partial charge in [0.15, 0.2) is 0 Å². The molecule has 1 atom stereocenters. The molecule has 0 saturated carbocycles. The zero-order valence-corrected chi connectivity index (χ0v) is 17.0. The summed E-state index contributed by atoms with van der Waals surface area (Å²) in [6.45, 7) is 8.42. The summed E-state index contributed by atoms with van der Waals surface area (Å²) in [4.78, 5) is 0. The van der Waals surface area contributed by atoms with Gasteiger partial charge in [-0.1, -0.05) is 73.8 Å². The van der Waals surface area contributed by atoms with Gasteiger partial charge in [0.2, 0.25) is 0 Å². The normalized spacial score (nSPS) is 11.9. The van der Waals surface area contributed by atoms with E-state index in [0.717, 1.165) is 30.2 Å². The summed E-state index contributed by atoms with van der Waals surface area (Å²) in [7, 11) is 0. The van der Waals surface area contributed by atoms with E-state index in [4.69, 9.17) is 5.73 Å². The molecule has 0 aliphatic carbocycles. The highest BCUT2D eigenvalue weighted by Gasteiger charge is 2.09. The fourth-order valence-corrected chi connectivity index (χ4v) is 5.16. The first-order valence-corrected chi connectivity index (χ1v) is 11.3. The lowest BCUT2D eigenvalue weighted by Gasteiger charge is -2.15. The maximum absolute atomic E-state index is 5.83. The van der Waals surface area contributed by atoms with Crippen LogP contribution in [0.5, 0.6) is 0 Å². The highest BCUT2D eigenvalue weighted by Crippen LogP contribution is 2.23. The van der Waals surface area contributed by atoms with Crippen LogP contribution in [0.15, 0.2) is 61.7 Å². The van der Waals surface area contributed by atoms with Crippen molar-refractivity contribution in [3.8, 4) is 0 Å². The van der Waals surface area contributed by atoms with E-state index < -0.39 is 0 Å². The molecule has 1 unspecified atom stereocenters. The Kier molecular flexibility index (Phi) is 9.68. The Morgan fingerprint density at radius 2 is 1.50 bits per heavy atom. The predicted molar refractivity (Wildman–Crippen MR) is 123 cm³/mol. The van der Waals surface area contributed by atoms with Gasteiger partial charge in [-0.05, 0) is 52.6 Å². The first-order chi connectivity index (χ1) is 12.7. The zero-order chi connectivity index (χ0) is 18.6. The van der Waals surface area contributed by atoms with Crippen LogP contribution in [0.25, 0.3) is 12.2 Å². The summed E-state index contributed by atoms with van der Waals surface area (Å²) in [6, 6.07) is 17.3. The SMILES string of the molecule is C=Cc1ccc(CSCC(CCN)CSCc2cccc(C=C)c2)cc1. The summed E-state index contributed by atoms with van der Waals surface area (Å²) in [6.07, 6.45) is 4.89. The van der Waals surface area contributed by atoms with E-state index in [0.29, 0.717) is 5.92 Å². The number of hydrogen-bond acceptors (Lipinski definition) is 3. The summed E-state index contributed by atoms with van der Waals surface area (Å²) in [5.41, 5.74) is 10.9. The molecule has 2 rings (SSSR count). The van der Waals surface area contributed by atoms with Gasteiger partial charge in [-0.25, -0.2) is 0 Å². The van der Waals surface area contributed by atoms with Crippen LogP contribution in [-0.4, -0.2) is 18.1 Å². The Morgan fingerprint density at radius 3 is 2.12 bits per heavy atom. The summed E-state index contributed by atoms with van der Waals surface area (Å²) in [5.74, 6) is 5.11. The van der Waals surface area contributed by atoms with Crippen LogP contribution in [-0.2, 0) is 11.5 Å². The second-order valence-electron chi connectivity index (χ2n) is 6.37. The van der Waals surface area contributed by atoms with Crippen LogP contribution in [0.3, 0.4) is 0 Å². The number of hydrogen-bond donors (Lipinski definition) is 1. The van der Waals surface area contributed by atoms with E-state index in [1.54, 1.807) is 0 Å². The smallest absolute Gasteiger partial charge is 0.0184 e. The average molecular weight is 384 g/mol. The molecule has 0 bridgehead atoms. The molecule has 0 heterocycles. The van der Waals surface area contributed by atoms with Crippen molar-refractivity contribution in [3.63, 3.8) is 0 Å². The van der Waals surface area contributed by atoms with Crippen LogP contribution in [0.2, 0.25) is 0 Å². The third-order valence-corrected chi connectivity index (χ3v) is 6.71. The molecule has 0 radical (unpaired) electrons. The van der Waals surface area contributed by atoms with E-state index in [-0.39, 0.29) is 0 Å². The number of nitrogens with two attached hydrogens (primary N) is 1. The van der Waals surface area contributed by atoms with Crippen molar-refractivity contribution in [2.45, 2.75) is 17.9 Å². The second-order valence-corrected chi connectivity index (χ2v) is 8.43. The molecule has 2 aromatic carbocycles. The minimum Gasteiger partial charge on any atom is -0.330 e. The molecule has 138 valence electrons. The van der Waals surface area contributed by atoms with Crippen LogP contribution in [0.4, 0.5) is 0 Å². The van der Waals surface area contributed by atoms with E-state index in [1.807, 2.05) is 35.7 Å². The monoisotopic (exact) mass is 383 g/mol. The van der Waals surface area contributed by atoms with Gasteiger partial charge in [-0.2, -0.15) is 23.5 Å². The van der Waals surface area contributed by atoms with Crippen molar-refractivity contribution in [2.24, 2.45) is 11.7 Å². The van der Waals surface area contributed by atoms with Gasteiger partial charge < -0.3 is 5.73 Å². The van der Waals surface area contributed by atoms with E-state index >= 15 is 0 Å². The molecule has 26 heavy (non-hydrogen) atoms. The highest BCUT2D eigenvalue weighted by molar-refractivity contribution is 7.99. The summed E-state index contributed by atoms with van der Waals surface area (Å²) < 4.78 is 0. The number of rotatable bonds is 12. The molecule has 2 aromatic rings. The topological polar surface area (TPSA) is 26.0 Å². The van der Waals surface area contributed by atoms with Gasteiger partial charge in [0.05, 0.1) is 0 Å². The van der Waals surface area contributed by atoms with Gasteiger partial charge >= 0.3 is 0 Å². The molecule has 0 aliphatic rings. The van der Waals surface area contributed by atoms with Crippen LogP contribution in [0, 0.1) is 5.92 Å². The van der Waals surface area contributed by atoms with Crippen molar-refractivity contribution in [1.29, 1.82) is 0 Å². The minimum atomic E-state index is 0.671. The standard InChI is InChI=1S/C23H29NS2/c1-3-19-8-10-21(11-9-19)15-25-17-23(12-13-24)18-26-16-22-7-5-6-20(4-2)14-22/h3-11,14,23H,1-2,12-13,15-18,24H2.